The van der Waals surface area contributed by atoms with Gasteiger partial charge in [0.15, 0.2) is 9.84 Å². The third kappa shape index (κ3) is 3.40. The van der Waals surface area contributed by atoms with E-state index in [-0.39, 0.29) is 23.5 Å². The maximum absolute atomic E-state index is 12.5. The summed E-state index contributed by atoms with van der Waals surface area (Å²) in [5, 5.41) is 7.28. The first-order valence-corrected chi connectivity index (χ1v) is 9.29. The predicted molar refractivity (Wildman–Crippen MR) is 86.2 cm³/mol. The summed E-state index contributed by atoms with van der Waals surface area (Å²) < 4.78 is 28.1. The molecule has 0 radical (unpaired) electrons. The number of hydrogen-bond acceptors (Lipinski definition) is 5. The van der Waals surface area contributed by atoms with Gasteiger partial charge < -0.3 is 9.84 Å². The van der Waals surface area contributed by atoms with Crippen molar-refractivity contribution in [3.05, 3.63) is 40.6 Å². The van der Waals surface area contributed by atoms with E-state index in [0.29, 0.717) is 34.0 Å². The second kappa shape index (κ2) is 5.98. The summed E-state index contributed by atoms with van der Waals surface area (Å²) >= 11 is 5.87. The fraction of sp³-hybridized carbons (Fsp3) is 0.333. The van der Waals surface area contributed by atoms with E-state index < -0.39 is 9.84 Å². The Morgan fingerprint density at radius 2 is 2.04 bits per heavy atom. The summed E-state index contributed by atoms with van der Waals surface area (Å²) in [6.07, 6.45) is 0.425. The molecule has 1 N–H and O–H groups in total. The van der Waals surface area contributed by atoms with E-state index in [2.05, 4.69) is 10.5 Å². The van der Waals surface area contributed by atoms with E-state index in [9.17, 15) is 13.2 Å². The van der Waals surface area contributed by atoms with Crippen LogP contribution in [0.25, 0.3) is 11.3 Å². The molecule has 1 aromatic carbocycles. The van der Waals surface area contributed by atoms with Crippen molar-refractivity contribution in [2.75, 3.05) is 11.5 Å². The number of aromatic nitrogens is 1. The molecule has 1 atom stereocenters. The second-order valence-electron chi connectivity index (χ2n) is 5.54. The monoisotopic (exact) mass is 354 g/mol. The quantitative estimate of drug-likeness (QED) is 0.912. The predicted octanol–water partition coefficient (Wildman–Crippen LogP) is 2.22. The van der Waals surface area contributed by atoms with Crippen LogP contribution in [0.4, 0.5) is 0 Å². The number of hydrogen-bond donors (Lipinski definition) is 1. The molecule has 1 aliphatic rings. The van der Waals surface area contributed by atoms with Crippen LogP contribution in [0.2, 0.25) is 5.02 Å². The summed E-state index contributed by atoms with van der Waals surface area (Å²) in [4.78, 5) is 12.5. The van der Waals surface area contributed by atoms with Crippen LogP contribution in [0, 0.1) is 6.92 Å². The Hall–Kier alpha value is -1.86. The standard InChI is InChI=1S/C15H15ClN2O4S/c1-9-13(15(19)17-12-6-7-23(20,21)8-12)14(18-22-9)10-2-4-11(16)5-3-10/h2-5,12H,6-8H2,1H3,(H,17,19)/t12-/m1/s1. The van der Waals surface area contributed by atoms with Crippen LogP contribution >= 0.6 is 11.6 Å². The van der Waals surface area contributed by atoms with Crippen LogP contribution in [0.1, 0.15) is 22.5 Å². The molecule has 2 heterocycles. The largest absolute Gasteiger partial charge is 0.360 e. The number of nitrogens with zero attached hydrogens (tertiary/aromatic N) is 1. The molecule has 1 aliphatic heterocycles. The maximum Gasteiger partial charge on any atom is 0.257 e. The number of rotatable bonds is 3. The molecule has 0 aliphatic carbocycles. The number of sulfone groups is 1. The lowest BCUT2D eigenvalue weighted by molar-refractivity contribution is 0.0940. The third-order valence-electron chi connectivity index (χ3n) is 3.78. The Labute approximate surface area is 138 Å². The summed E-state index contributed by atoms with van der Waals surface area (Å²) in [7, 11) is -3.06. The highest BCUT2D eigenvalue weighted by Crippen LogP contribution is 2.26. The fourth-order valence-electron chi connectivity index (χ4n) is 2.61. The molecule has 0 saturated carbocycles. The van der Waals surface area contributed by atoms with Crippen molar-refractivity contribution >= 4 is 27.3 Å². The Balaban J connectivity index is 1.86. The van der Waals surface area contributed by atoms with Crippen molar-refractivity contribution in [3.63, 3.8) is 0 Å². The van der Waals surface area contributed by atoms with Crippen molar-refractivity contribution in [2.45, 2.75) is 19.4 Å². The van der Waals surface area contributed by atoms with Gasteiger partial charge in [-0.3, -0.25) is 4.79 Å². The van der Waals surface area contributed by atoms with Gasteiger partial charge in [0, 0.05) is 16.6 Å². The van der Waals surface area contributed by atoms with Crippen LogP contribution in [0.15, 0.2) is 28.8 Å². The number of carbonyl (C=O) groups is 1. The Bertz CT molecular complexity index is 843. The highest BCUT2D eigenvalue weighted by atomic mass is 35.5. The van der Waals surface area contributed by atoms with Crippen molar-refractivity contribution < 1.29 is 17.7 Å². The van der Waals surface area contributed by atoms with Crippen molar-refractivity contribution in [2.24, 2.45) is 0 Å². The zero-order valence-corrected chi connectivity index (χ0v) is 13.9. The van der Waals surface area contributed by atoms with Crippen LogP contribution < -0.4 is 5.32 Å². The molecule has 122 valence electrons. The minimum Gasteiger partial charge on any atom is -0.360 e. The lowest BCUT2D eigenvalue weighted by Crippen LogP contribution is -2.36. The van der Waals surface area contributed by atoms with Gasteiger partial charge in [-0.1, -0.05) is 28.9 Å². The zero-order chi connectivity index (χ0) is 16.6. The number of benzene rings is 1. The molecule has 0 unspecified atom stereocenters. The molecule has 1 amide bonds. The fourth-order valence-corrected chi connectivity index (χ4v) is 4.41. The van der Waals surface area contributed by atoms with Crippen LogP contribution in [-0.2, 0) is 9.84 Å². The Kier molecular flexibility index (Phi) is 4.16. The maximum atomic E-state index is 12.5. The van der Waals surface area contributed by atoms with E-state index >= 15 is 0 Å². The SMILES string of the molecule is Cc1onc(-c2ccc(Cl)cc2)c1C(=O)N[C@@H]1CCS(=O)(=O)C1. The number of carbonyl (C=O) groups excluding carboxylic acids is 1. The van der Waals surface area contributed by atoms with E-state index in [1.807, 2.05) is 0 Å². The summed E-state index contributed by atoms with van der Waals surface area (Å²) in [6, 6.07) is 6.52. The molecule has 23 heavy (non-hydrogen) atoms. The van der Waals surface area contributed by atoms with Gasteiger partial charge in [-0.2, -0.15) is 0 Å². The molecule has 1 fully saturated rings. The minimum atomic E-state index is -3.06. The Morgan fingerprint density at radius 3 is 2.65 bits per heavy atom. The number of aryl methyl sites for hydroxylation is 1. The molecule has 1 saturated heterocycles. The first-order chi connectivity index (χ1) is 10.9. The zero-order valence-electron chi connectivity index (χ0n) is 12.4. The number of amides is 1. The second-order valence-corrected chi connectivity index (χ2v) is 8.21. The van der Waals surface area contributed by atoms with Crippen LogP contribution in [0.5, 0.6) is 0 Å². The Morgan fingerprint density at radius 1 is 1.35 bits per heavy atom. The van der Waals surface area contributed by atoms with E-state index in [4.69, 9.17) is 16.1 Å². The molecule has 1 aromatic heterocycles. The molecule has 8 heteroatoms. The first-order valence-electron chi connectivity index (χ1n) is 7.09. The van der Waals surface area contributed by atoms with Gasteiger partial charge in [0.05, 0.1) is 11.5 Å². The van der Waals surface area contributed by atoms with Gasteiger partial charge in [-0.25, -0.2) is 8.42 Å². The van der Waals surface area contributed by atoms with Gasteiger partial charge in [-0.15, -0.1) is 0 Å². The highest BCUT2D eigenvalue weighted by Gasteiger charge is 2.31. The lowest BCUT2D eigenvalue weighted by Gasteiger charge is -2.11. The van der Waals surface area contributed by atoms with Gasteiger partial charge in [-0.05, 0) is 25.5 Å². The van der Waals surface area contributed by atoms with Crippen molar-refractivity contribution in [1.29, 1.82) is 0 Å². The summed E-state index contributed by atoms with van der Waals surface area (Å²) in [6.45, 7) is 1.65. The molecule has 2 aromatic rings. The molecule has 6 nitrogen and oxygen atoms in total. The lowest BCUT2D eigenvalue weighted by atomic mass is 10.1. The van der Waals surface area contributed by atoms with Gasteiger partial charge >= 0.3 is 0 Å². The van der Waals surface area contributed by atoms with Crippen LogP contribution in [-0.4, -0.2) is 37.0 Å². The summed E-state index contributed by atoms with van der Waals surface area (Å²) in [5.74, 6) is 0.0772. The minimum absolute atomic E-state index is 0.0284. The topological polar surface area (TPSA) is 89.3 Å². The molecule has 0 bridgehead atoms. The third-order valence-corrected chi connectivity index (χ3v) is 5.80. The normalized spacial score (nSPS) is 19.7. The van der Waals surface area contributed by atoms with Gasteiger partial charge in [0.25, 0.3) is 5.91 Å². The highest BCUT2D eigenvalue weighted by molar-refractivity contribution is 7.91. The number of nitrogens with one attached hydrogen (secondary N) is 1. The molecular formula is C15H15ClN2O4S. The van der Waals surface area contributed by atoms with Crippen molar-refractivity contribution in [3.8, 4) is 11.3 Å². The summed E-state index contributed by atoms with van der Waals surface area (Å²) in [5.41, 5.74) is 1.43. The van der Waals surface area contributed by atoms with E-state index in [1.54, 1.807) is 31.2 Å². The average Bonchev–Trinajstić information content (AvgIpc) is 3.02. The average molecular weight is 355 g/mol. The smallest absolute Gasteiger partial charge is 0.257 e. The van der Waals surface area contributed by atoms with Gasteiger partial charge in [0.2, 0.25) is 0 Å². The van der Waals surface area contributed by atoms with E-state index in [1.165, 1.54) is 0 Å². The van der Waals surface area contributed by atoms with Crippen molar-refractivity contribution in [1.82, 2.24) is 10.5 Å². The van der Waals surface area contributed by atoms with Gasteiger partial charge in [0.1, 0.15) is 17.0 Å². The first kappa shape index (κ1) is 16.0. The molecule has 3 rings (SSSR count). The number of halogens is 1. The molecular weight excluding hydrogens is 340 g/mol. The van der Waals surface area contributed by atoms with Crippen LogP contribution in [0.3, 0.4) is 0 Å². The molecule has 0 spiro atoms. The van der Waals surface area contributed by atoms with E-state index in [0.717, 1.165) is 0 Å².